The molecule has 2 rings (SSSR count). The number of nitrogens with zero attached hydrogens (tertiary/aromatic N) is 1. The third-order valence-corrected chi connectivity index (χ3v) is 3.85. The monoisotopic (exact) mass is 252 g/mol. The van der Waals surface area contributed by atoms with Gasteiger partial charge < -0.3 is 10.6 Å². The zero-order valence-electron chi connectivity index (χ0n) is 10.5. The molecule has 0 bridgehead atoms. The number of hydrogen-bond donors (Lipinski definition) is 1. The van der Waals surface area contributed by atoms with Crippen molar-refractivity contribution >= 4 is 11.6 Å². The van der Waals surface area contributed by atoms with Crippen LogP contribution in [-0.2, 0) is 6.54 Å². The second-order valence-corrected chi connectivity index (χ2v) is 5.77. The van der Waals surface area contributed by atoms with Crippen molar-refractivity contribution in [3.63, 3.8) is 0 Å². The molecule has 0 heterocycles. The maximum atomic E-state index is 5.88. The van der Waals surface area contributed by atoms with Crippen LogP contribution in [0.1, 0.15) is 24.8 Å². The van der Waals surface area contributed by atoms with Crippen molar-refractivity contribution in [2.45, 2.75) is 25.8 Å². The van der Waals surface area contributed by atoms with Gasteiger partial charge in [-0.3, -0.25) is 0 Å². The van der Waals surface area contributed by atoms with Crippen molar-refractivity contribution in [1.82, 2.24) is 4.90 Å². The van der Waals surface area contributed by atoms with E-state index in [1.54, 1.807) is 0 Å². The molecule has 2 nitrogen and oxygen atoms in total. The molecule has 0 radical (unpaired) electrons. The minimum Gasteiger partial charge on any atom is -0.330 e. The summed E-state index contributed by atoms with van der Waals surface area (Å²) in [5.41, 5.74) is 7.51. The van der Waals surface area contributed by atoms with Gasteiger partial charge in [-0.1, -0.05) is 23.7 Å². The van der Waals surface area contributed by atoms with Gasteiger partial charge in [-0.25, -0.2) is 0 Å². The summed E-state index contributed by atoms with van der Waals surface area (Å²) in [7, 11) is 2.19. The zero-order chi connectivity index (χ0) is 12.3. The number of nitrogens with two attached hydrogens (primary N) is 1. The Morgan fingerprint density at radius 1 is 1.29 bits per heavy atom. The Labute approximate surface area is 109 Å². The molecule has 0 spiro atoms. The molecule has 1 saturated carbocycles. The number of halogens is 1. The maximum Gasteiger partial charge on any atom is 0.0406 e. The molecule has 94 valence electrons. The van der Waals surface area contributed by atoms with Gasteiger partial charge in [0.05, 0.1) is 0 Å². The van der Waals surface area contributed by atoms with Crippen molar-refractivity contribution in [2.24, 2.45) is 11.1 Å². The quantitative estimate of drug-likeness (QED) is 0.844. The van der Waals surface area contributed by atoms with Crippen LogP contribution in [0.25, 0.3) is 0 Å². The Morgan fingerprint density at radius 2 is 1.94 bits per heavy atom. The largest absolute Gasteiger partial charge is 0.330 e. The molecular formula is C14H21ClN2. The van der Waals surface area contributed by atoms with E-state index in [1.807, 2.05) is 12.1 Å². The fraction of sp³-hybridized carbons (Fsp3) is 0.571. The van der Waals surface area contributed by atoms with E-state index < -0.39 is 0 Å². The Hall–Kier alpha value is -0.570. The molecule has 0 aliphatic heterocycles. The normalized spacial score (nSPS) is 17.4. The SMILES string of the molecule is CN(Cc1ccc(Cl)cc1)CC1(CCN)CC1. The van der Waals surface area contributed by atoms with Crippen molar-refractivity contribution < 1.29 is 0 Å². The lowest BCUT2D eigenvalue weighted by atomic mass is 10.0. The molecule has 1 aromatic rings. The van der Waals surface area contributed by atoms with Crippen molar-refractivity contribution in [2.75, 3.05) is 20.1 Å². The highest BCUT2D eigenvalue weighted by Crippen LogP contribution is 2.48. The standard InChI is InChI=1S/C14H21ClN2/c1-17(11-14(6-7-14)8-9-16)10-12-2-4-13(15)5-3-12/h2-5H,6-11,16H2,1H3. The second-order valence-electron chi connectivity index (χ2n) is 5.34. The first-order valence-electron chi connectivity index (χ1n) is 6.27. The van der Waals surface area contributed by atoms with E-state index in [-0.39, 0.29) is 0 Å². The van der Waals surface area contributed by atoms with Crippen LogP contribution >= 0.6 is 11.6 Å². The van der Waals surface area contributed by atoms with Gasteiger partial charge in [-0.15, -0.1) is 0 Å². The molecule has 1 aliphatic carbocycles. The van der Waals surface area contributed by atoms with Crippen LogP contribution in [0.2, 0.25) is 5.02 Å². The first-order chi connectivity index (χ1) is 8.13. The summed E-state index contributed by atoms with van der Waals surface area (Å²) in [6.07, 6.45) is 3.85. The first-order valence-corrected chi connectivity index (χ1v) is 6.64. The zero-order valence-corrected chi connectivity index (χ0v) is 11.2. The van der Waals surface area contributed by atoms with Crippen LogP contribution in [0.3, 0.4) is 0 Å². The van der Waals surface area contributed by atoms with Crippen LogP contribution in [0.15, 0.2) is 24.3 Å². The van der Waals surface area contributed by atoms with Gasteiger partial charge in [0.25, 0.3) is 0 Å². The molecule has 17 heavy (non-hydrogen) atoms. The molecular weight excluding hydrogens is 232 g/mol. The molecule has 2 N–H and O–H groups in total. The molecule has 3 heteroatoms. The van der Waals surface area contributed by atoms with Crippen LogP contribution < -0.4 is 5.73 Å². The number of rotatable bonds is 6. The van der Waals surface area contributed by atoms with E-state index in [4.69, 9.17) is 17.3 Å². The third-order valence-electron chi connectivity index (χ3n) is 3.60. The van der Waals surface area contributed by atoms with Gasteiger partial charge in [-0.05, 0) is 56.0 Å². The van der Waals surface area contributed by atoms with Crippen LogP contribution in [-0.4, -0.2) is 25.0 Å². The van der Waals surface area contributed by atoms with Crippen molar-refractivity contribution in [1.29, 1.82) is 0 Å². The van der Waals surface area contributed by atoms with E-state index >= 15 is 0 Å². The highest BCUT2D eigenvalue weighted by molar-refractivity contribution is 6.30. The highest BCUT2D eigenvalue weighted by atomic mass is 35.5. The van der Waals surface area contributed by atoms with Gasteiger partial charge in [0, 0.05) is 18.1 Å². The summed E-state index contributed by atoms with van der Waals surface area (Å²) in [6.45, 7) is 2.96. The molecule has 0 saturated heterocycles. The van der Waals surface area contributed by atoms with E-state index in [0.29, 0.717) is 5.41 Å². The smallest absolute Gasteiger partial charge is 0.0406 e. The fourth-order valence-corrected chi connectivity index (χ4v) is 2.63. The maximum absolute atomic E-state index is 5.88. The second kappa shape index (κ2) is 5.38. The molecule has 0 aromatic heterocycles. The van der Waals surface area contributed by atoms with E-state index in [9.17, 15) is 0 Å². The highest BCUT2D eigenvalue weighted by Gasteiger charge is 2.42. The Morgan fingerprint density at radius 3 is 2.47 bits per heavy atom. The topological polar surface area (TPSA) is 29.3 Å². The van der Waals surface area contributed by atoms with Crippen LogP contribution in [0.5, 0.6) is 0 Å². The van der Waals surface area contributed by atoms with Gasteiger partial charge >= 0.3 is 0 Å². The van der Waals surface area contributed by atoms with Gasteiger partial charge in [0.15, 0.2) is 0 Å². The molecule has 0 unspecified atom stereocenters. The lowest BCUT2D eigenvalue weighted by Gasteiger charge is -2.23. The van der Waals surface area contributed by atoms with Crippen LogP contribution in [0, 0.1) is 5.41 Å². The van der Waals surface area contributed by atoms with Crippen LogP contribution in [0.4, 0.5) is 0 Å². The van der Waals surface area contributed by atoms with Crippen molar-refractivity contribution in [3.05, 3.63) is 34.9 Å². The predicted octanol–water partition coefficient (Wildman–Crippen LogP) is 2.90. The summed E-state index contributed by atoms with van der Waals surface area (Å²) in [4.78, 5) is 2.39. The predicted molar refractivity (Wildman–Crippen MR) is 73.1 cm³/mol. The molecule has 1 fully saturated rings. The van der Waals surface area contributed by atoms with E-state index in [2.05, 4.69) is 24.1 Å². The fourth-order valence-electron chi connectivity index (χ4n) is 2.50. The van der Waals surface area contributed by atoms with Gasteiger partial charge in [-0.2, -0.15) is 0 Å². The summed E-state index contributed by atoms with van der Waals surface area (Å²) in [6, 6.07) is 8.11. The molecule has 1 aliphatic rings. The number of hydrogen-bond acceptors (Lipinski definition) is 2. The van der Waals surface area contributed by atoms with Crippen molar-refractivity contribution in [3.8, 4) is 0 Å². The first kappa shape index (κ1) is 12.9. The third kappa shape index (κ3) is 3.70. The molecule has 0 amide bonds. The summed E-state index contributed by atoms with van der Waals surface area (Å²) in [5, 5.41) is 0.804. The Kier molecular flexibility index (Phi) is 4.08. The lowest BCUT2D eigenvalue weighted by molar-refractivity contribution is 0.248. The minimum absolute atomic E-state index is 0.524. The van der Waals surface area contributed by atoms with E-state index in [0.717, 1.165) is 31.1 Å². The van der Waals surface area contributed by atoms with Gasteiger partial charge in [0.2, 0.25) is 0 Å². The summed E-state index contributed by atoms with van der Waals surface area (Å²) in [5.74, 6) is 0. The van der Waals surface area contributed by atoms with E-state index in [1.165, 1.54) is 18.4 Å². The number of benzene rings is 1. The molecule has 0 atom stereocenters. The molecule has 1 aromatic carbocycles. The Bertz CT molecular complexity index is 357. The lowest BCUT2D eigenvalue weighted by Crippen LogP contribution is -2.27. The Balaban J connectivity index is 1.85. The minimum atomic E-state index is 0.524. The summed E-state index contributed by atoms with van der Waals surface area (Å²) < 4.78 is 0. The van der Waals surface area contributed by atoms with Gasteiger partial charge in [0.1, 0.15) is 0 Å². The average molecular weight is 253 g/mol. The summed E-state index contributed by atoms with van der Waals surface area (Å²) >= 11 is 5.88. The average Bonchev–Trinajstić information content (AvgIpc) is 3.02.